The molecular weight excluding hydrogens is 436 g/mol. The summed E-state index contributed by atoms with van der Waals surface area (Å²) in [5.41, 5.74) is 1.76. The van der Waals surface area contributed by atoms with Gasteiger partial charge >= 0.3 is 5.97 Å². The highest BCUT2D eigenvalue weighted by Gasteiger charge is 2.32. The minimum absolute atomic E-state index is 0.165. The molecule has 0 amide bonds. The van der Waals surface area contributed by atoms with Crippen LogP contribution in [0.3, 0.4) is 0 Å². The van der Waals surface area contributed by atoms with E-state index in [0.29, 0.717) is 46.6 Å². The Labute approximate surface area is 199 Å². The molecule has 0 N–H and O–H groups in total. The lowest BCUT2D eigenvalue weighted by atomic mass is 9.88. The van der Waals surface area contributed by atoms with Crippen molar-refractivity contribution < 1.29 is 19.1 Å². The smallest absolute Gasteiger partial charge is 0.309 e. The Morgan fingerprint density at radius 2 is 1.70 bits per heavy atom. The van der Waals surface area contributed by atoms with Crippen molar-refractivity contribution in [3.05, 3.63) is 94.5 Å². The summed E-state index contributed by atoms with van der Waals surface area (Å²) >= 11 is 6.03. The molecule has 1 fully saturated rings. The van der Waals surface area contributed by atoms with Crippen LogP contribution in [0.4, 0.5) is 0 Å². The number of carbonyl (C=O) groups is 2. The largest absolute Gasteiger partial charge is 0.466 e. The Hall–Kier alpha value is -3.11. The molecule has 0 spiro atoms. The monoisotopic (exact) mass is 462 g/mol. The summed E-state index contributed by atoms with van der Waals surface area (Å²) in [4.78, 5) is 26.4. The van der Waals surface area contributed by atoms with Crippen molar-refractivity contribution >= 4 is 23.4 Å². The minimum atomic E-state index is -0.291. The van der Waals surface area contributed by atoms with E-state index in [1.54, 1.807) is 30.3 Å². The highest BCUT2D eigenvalue weighted by molar-refractivity contribution is 6.30. The summed E-state index contributed by atoms with van der Waals surface area (Å²) in [5, 5.41) is 0.562. The molecule has 170 valence electrons. The molecule has 4 nitrogen and oxygen atoms in total. The zero-order chi connectivity index (χ0) is 23.2. The van der Waals surface area contributed by atoms with Crippen LogP contribution < -0.4 is 4.74 Å². The van der Waals surface area contributed by atoms with Crippen LogP contribution >= 0.6 is 11.6 Å². The molecule has 3 aromatic carbocycles. The fraction of sp³-hybridized carbons (Fsp3) is 0.286. The molecule has 1 atom stereocenters. The Balaban J connectivity index is 1.73. The van der Waals surface area contributed by atoms with E-state index in [2.05, 4.69) is 0 Å². The highest BCUT2D eigenvalue weighted by atomic mass is 35.5. The van der Waals surface area contributed by atoms with Crippen molar-refractivity contribution in [1.82, 2.24) is 0 Å². The number of para-hydroxylation sites is 1. The number of hydrogen-bond donors (Lipinski definition) is 0. The molecule has 0 bridgehead atoms. The van der Waals surface area contributed by atoms with E-state index >= 15 is 0 Å². The normalized spacial score (nSPS) is 13.9. The van der Waals surface area contributed by atoms with Gasteiger partial charge in [-0.1, -0.05) is 54.8 Å². The number of benzene rings is 3. The number of ketones is 1. The Morgan fingerprint density at radius 3 is 2.36 bits per heavy atom. The molecule has 1 unspecified atom stereocenters. The number of esters is 1. The van der Waals surface area contributed by atoms with Crippen molar-refractivity contribution in [2.75, 3.05) is 6.61 Å². The zero-order valence-corrected chi connectivity index (χ0v) is 19.4. The molecule has 3 aromatic rings. The number of halogens is 1. The summed E-state index contributed by atoms with van der Waals surface area (Å²) in [7, 11) is 0. The highest BCUT2D eigenvalue weighted by Crippen LogP contribution is 2.38. The lowest BCUT2D eigenvalue weighted by molar-refractivity contribution is -0.148. The fourth-order valence-corrected chi connectivity index (χ4v) is 4.12. The topological polar surface area (TPSA) is 52.6 Å². The molecule has 1 aliphatic carbocycles. The van der Waals surface area contributed by atoms with Gasteiger partial charge in [-0.15, -0.1) is 0 Å². The molecule has 0 heterocycles. The van der Waals surface area contributed by atoms with Crippen molar-refractivity contribution in [2.24, 2.45) is 11.8 Å². The average Bonchev–Trinajstić information content (AvgIpc) is 3.64. The van der Waals surface area contributed by atoms with Gasteiger partial charge < -0.3 is 9.47 Å². The zero-order valence-electron chi connectivity index (χ0n) is 18.6. The van der Waals surface area contributed by atoms with Gasteiger partial charge in [-0.05, 0) is 73.7 Å². The van der Waals surface area contributed by atoms with Gasteiger partial charge in [-0.3, -0.25) is 9.59 Å². The second kappa shape index (κ2) is 10.7. The van der Waals surface area contributed by atoms with E-state index in [1.807, 2.05) is 49.4 Å². The van der Waals surface area contributed by atoms with Crippen LogP contribution in [0.2, 0.25) is 5.02 Å². The number of hydrogen-bond acceptors (Lipinski definition) is 4. The predicted molar refractivity (Wildman–Crippen MR) is 129 cm³/mol. The molecule has 0 saturated heterocycles. The summed E-state index contributed by atoms with van der Waals surface area (Å²) < 4.78 is 11.5. The molecule has 1 aliphatic rings. The van der Waals surface area contributed by atoms with Crippen molar-refractivity contribution in [3.63, 3.8) is 0 Å². The van der Waals surface area contributed by atoms with Crippen molar-refractivity contribution in [1.29, 1.82) is 0 Å². The second-order valence-corrected chi connectivity index (χ2v) is 8.81. The summed E-state index contributed by atoms with van der Waals surface area (Å²) in [6.07, 6.45) is 3.49. The van der Waals surface area contributed by atoms with E-state index in [-0.39, 0.29) is 17.7 Å². The van der Waals surface area contributed by atoms with Crippen LogP contribution in [0.1, 0.15) is 47.7 Å². The molecule has 0 radical (unpaired) electrons. The number of rotatable bonds is 10. The predicted octanol–water partition coefficient (Wildman–Crippen LogP) is 6.89. The van der Waals surface area contributed by atoms with Gasteiger partial charge in [0.05, 0.1) is 18.1 Å². The van der Waals surface area contributed by atoms with Gasteiger partial charge in [-0.25, -0.2) is 0 Å². The third kappa shape index (κ3) is 6.02. The standard InChI is InChI=1S/C28H27ClO4/c1-2-32-28(31)22(17-19-11-12-19)18-21-7-6-10-25(33-24-8-4-3-5-9-24)26(21)27(30)20-13-15-23(29)16-14-20/h3-10,13-16,19,22H,2,11-12,17-18H2,1H3. The van der Waals surface area contributed by atoms with E-state index < -0.39 is 0 Å². The van der Waals surface area contributed by atoms with Gasteiger partial charge in [0.2, 0.25) is 0 Å². The minimum Gasteiger partial charge on any atom is -0.466 e. The average molecular weight is 463 g/mol. The van der Waals surface area contributed by atoms with Crippen LogP contribution in [-0.4, -0.2) is 18.4 Å². The quantitative estimate of drug-likeness (QED) is 0.243. The molecule has 0 aromatic heterocycles. The first-order valence-electron chi connectivity index (χ1n) is 11.4. The Bertz CT molecular complexity index is 1100. The lowest BCUT2D eigenvalue weighted by Crippen LogP contribution is -2.22. The molecular formula is C28H27ClO4. The van der Waals surface area contributed by atoms with Crippen molar-refractivity contribution in [3.8, 4) is 11.5 Å². The number of carbonyl (C=O) groups excluding carboxylic acids is 2. The van der Waals surface area contributed by atoms with Crippen LogP contribution in [0.5, 0.6) is 11.5 Å². The molecule has 5 heteroatoms. The van der Waals surface area contributed by atoms with Gasteiger partial charge in [0.25, 0.3) is 0 Å². The van der Waals surface area contributed by atoms with E-state index in [1.165, 1.54) is 0 Å². The third-order valence-electron chi connectivity index (χ3n) is 5.82. The Morgan fingerprint density at radius 1 is 0.970 bits per heavy atom. The first-order chi connectivity index (χ1) is 16.0. The molecule has 33 heavy (non-hydrogen) atoms. The van der Waals surface area contributed by atoms with Gasteiger partial charge in [0.15, 0.2) is 5.78 Å². The van der Waals surface area contributed by atoms with E-state index in [4.69, 9.17) is 21.1 Å². The summed E-state index contributed by atoms with van der Waals surface area (Å²) in [6.45, 7) is 2.16. The fourth-order valence-electron chi connectivity index (χ4n) is 3.99. The van der Waals surface area contributed by atoms with Crippen LogP contribution in [0.15, 0.2) is 72.8 Å². The lowest BCUT2D eigenvalue weighted by Gasteiger charge is -2.19. The van der Waals surface area contributed by atoms with Gasteiger partial charge in [0, 0.05) is 10.6 Å². The summed E-state index contributed by atoms with van der Waals surface area (Å²) in [5.74, 6) is 0.998. The van der Waals surface area contributed by atoms with E-state index in [9.17, 15) is 9.59 Å². The summed E-state index contributed by atoms with van der Waals surface area (Å²) in [6, 6.07) is 21.7. The second-order valence-electron chi connectivity index (χ2n) is 8.37. The first kappa shape index (κ1) is 23.1. The van der Waals surface area contributed by atoms with E-state index in [0.717, 1.165) is 24.8 Å². The maximum Gasteiger partial charge on any atom is 0.309 e. The SMILES string of the molecule is CCOC(=O)C(Cc1cccc(Oc2ccccc2)c1C(=O)c1ccc(Cl)cc1)CC1CC1. The van der Waals surface area contributed by atoms with Gasteiger partial charge in [0.1, 0.15) is 11.5 Å². The molecule has 1 saturated carbocycles. The third-order valence-corrected chi connectivity index (χ3v) is 6.07. The van der Waals surface area contributed by atoms with Gasteiger partial charge in [-0.2, -0.15) is 0 Å². The maximum absolute atomic E-state index is 13.7. The first-order valence-corrected chi connectivity index (χ1v) is 11.7. The van der Waals surface area contributed by atoms with Crippen molar-refractivity contribution in [2.45, 2.75) is 32.6 Å². The maximum atomic E-state index is 13.7. The Kier molecular flexibility index (Phi) is 7.46. The molecule has 4 rings (SSSR count). The molecule has 0 aliphatic heterocycles. The van der Waals surface area contributed by atoms with Crippen LogP contribution in [-0.2, 0) is 16.0 Å². The van der Waals surface area contributed by atoms with Crippen LogP contribution in [0.25, 0.3) is 0 Å². The number of ether oxygens (including phenoxy) is 2. The van der Waals surface area contributed by atoms with Crippen LogP contribution in [0, 0.1) is 11.8 Å².